The first-order valence-corrected chi connectivity index (χ1v) is 8.33. The van der Waals surface area contributed by atoms with Crippen molar-refractivity contribution >= 4 is 10.9 Å². The molecule has 1 saturated carbocycles. The van der Waals surface area contributed by atoms with Crippen LogP contribution in [0.4, 0.5) is 4.39 Å². The van der Waals surface area contributed by atoms with Gasteiger partial charge in [-0.3, -0.25) is 9.88 Å². The van der Waals surface area contributed by atoms with Crippen LogP contribution in [0.2, 0.25) is 0 Å². The predicted octanol–water partition coefficient (Wildman–Crippen LogP) is 3.27. The van der Waals surface area contributed by atoms with E-state index < -0.39 is 0 Å². The van der Waals surface area contributed by atoms with Crippen LogP contribution in [0, 0.1) is 17.7 Å². The molecule has 2 fully saturated rings. The van der Waals surface area contributed by atoms with Crippen LogP contribution in [0.25, 0.3) is 10.9 Å². The molecule has 120 valence electrons. The van der Waals surface area contributed by atoms with Crippen molar-refractivity contribution < 1.29 is 4.39 Å². The van der Waals surface area contributed by atoms with Crippen molar-refractivity contribution in [2.45, 2.75) is 24.9 Å². The molecule has 1 aromatic carbocycles. The Morgan fingerprint density at radius 2 is 2.30 bits per heavy atom. The Morgan fingerprint density at radius 3 is 3.09 bits per heavy atom. The fourth-order valence-corrected chi connectivity index (χ4v) is 3.65. The second-order valence-corrected chi connectivity index (χ2v) is 6.83. The van der Waals surface area contributed by atoms with E-state index in [4.69, 9.17) is 5.73 Å². The second-order valence-electron chi connectivity index (χ2n) is 6.83. The van der Waals surface area contributed by atoms with Gasteiger partial charge in [-0.25, -0.2) is 4.39 Å². The molecular formula is C19H22FN3. The first-order chi connectivity index (χ1) is 11.2. The molecule has 4 heteroatoms. The summed E-state index contributed by atoms with van der Waals surface area (Å²) >= 11 is 0. The highest BCUT2D eigenvalue weighted by molar-refractivity contribution is 5.82. The lowest BCUT2D eigenvalue weighted by atomic mass is 10.00. The summed E-state index contributed by atoms with van der Waals surface area (Å²) in [6.07, 6.45) is 6.36. The van der Waals surface area contributed by atoms with Gasteiger partial charge in [0.2, 0.25) is 0 Å². The number of benzene rings is 1. The Kier molecular flexibility index (Phi) is 3.66. The van der Waals surface area contributed by atoms with Crippen molar-refractivity contribution in [3.63, 3.8) is 0 Å². The molecule has 2 heterocycles. The minimum atomic E-state index is -0.240. The van der Waals surface area contributed by atoms with Gasteiger partial charge in [-0.1, -0.05) is 6.08 Å². The Morgan fingerprint density at radius 1 is 1.43 bits per heavy atom. The maximum absolute atomic E-state index is 13.6. The number of hydrogen-bond acceptors (Lipinski definition) is 3. The first-order valence-electron chi connectivity index (χ1n) is 8.33. The number of nitrogens with two attached hydrogens (primary N) is 1. The van der Waals surface area contributed by atoms with Gasteiger partial charge in [0.25, 0.3) is 0 Å². The zero-order valence-electron chi connectivity index (χ0n) is 13.2. The van der Waals surface area contributed by atoms with Gasteiger partial charge in [0.05, 0.1) is 5.52 Å². The lowest BCUT2D eigenvalue weighted by Gasteiger charge is -2.15. The number of halogens is 1. The summed E-state index contributed by atoms with van der Waals surface area (Å²) in [5.41, 5.74) is 8.28. The molecule has 0 radical (unpaired) electrons. The maximum atomic E-state index is 13.6. The number of rotatable bonds is 6. The van der Waals surface area contributed by atoms with E-state index in [-0.39, 0.29) is 11.9 Å². The molecule has 1 aliphatic carbocycles. The summed E-state index contributed by atoms with van der Waals surface area (Å²) < 4.78 is 13.6. The quantitative estimate of drug-likeness (QED) is 0.657. The van der Waals surface area contributed by atoms with Crippen LogP contribution in [0.15, 0.2) is 43.1 Å². The minimum absolute atomic E-state index is 0.0864. The van der Waals surface area contributed by atoms with Crippen LogP contribution >= 0.6 is 0 Å². The SMILES string of the molecule is C=CC1CC1CCN1CC1C(N)c1ccnc2ccc(F)cc12. The van der Waals surface area contributed by atoms with Gasteiger partial charge < -0.3 is 5.73 Å². The molecule has 2 N–H and O–H groups in total. The summed E-state index contributed by atoms with van der Waals surface area (Å²) in [4.78, 5) is 6.73. The Bertz CT molecular complexity index is 744. The van der Waals surface area contributed by atoms with Gasteiger partial charge in [0, 0.05) is 30.2 Å². The average molecular weight is 311 g/mol. The highest BCUT2D eigenvalue weighted by atomic mass is 19.1. The van der Waals surface area contributed by atoms with Crippen LogP contribution in [0.3, 0.4) is 0 Å². The normalized spacial score (nSPS) is 30.2. The highest BCUT2D eigenvalue weighted by Crippen LogP contribution is 2.43. The number of pyridine rings is 1. The Balaban J connectivity index is 1.45. The fraction of sp³-hybridized carbons (Fsp3) is 0.421. The average Bonchev–Trinajstić information content (AvgIpc) is 3.45. The minimum Gasteiger partial charge on any atom is -0.323 e. The van der Waals surface area contributed by atoms with E-state index in [2.05, 4.69) is 22.5 Å². The van der Waals surface area contributed by atoms with Crippen LogP contribution < -0.4 is 5.73 Å². The standard InChI is InChI=1S/C19H22FN3/c1-2-12-9-13(12)6-8-23-11-18(23)19(21)15-5-7-22-17-4-3-14(20)10-16(15)17/h2-5,7,10,12-13,18-19H,1,6,8-9,11,21H2. The predicted molar refractivity (Wildman–Crippen MR) is 90.4 cm³/mol. The van der Waals surface area contributed by atoms with Crippen LogP contribution in [-0.4, -0.2) is 29.0 Å². The Labute approximate surface area is 136 Å². The smallest absolute Gasteiger partial charge is 0.123 e. The Hall–Kier alpha value is -1.78. The molecule has 2 aromatic rings. The van der Waals surface area contributed by atoms with Crippen LogP contribution in [-0.2, 0) is 0 Å². The summed E-state index contributed by atoms with van der Waals surface area (Å²) in [5, 5.41) is 0.834. The molecule has 3 nitrogen and oxygen atoms in total. The monoisotopic (exact) mass is 311 g/mol. The number of hydrogen-bond donors (Lipinski definition) is 1. The summed E-state index contributed by atoms with van der Waals surface area (Å²) in [7, 11) is 0. The van der Waals surface area contributed by atoms with Crippen molar-refractivity contribution in [2.24, 2.45) is 17.6 Å². The summed E-state index contributed by atoms with van der Waals surface area (Å²) in [6, 6.07) is 6.91. The van der Waals surface area contributed by atoms with Gasteiger partial charge in [0.15, 0.2) is 0 Å². The molecule has 0 spiro atoms. The summed E-state index contributed by atoms with van der Waals surface area (Å²) in [5.74, 6) is 1.31. The van der Waals surface area contributed by atoms with Gasteiger partial charge in [-0.2, -0.15) is 0 Å². The molecule has 2 aliphatic rings. The topological polar surface area (TPSA) is 41.9 Å². The van der Waals surface area contributed by atoms with E-state index >= 15 is 0 Å². The first kappa shape index (κ1) is 14.8. The largest absolute Gasteiger partial charge is 0.323 e. The third-order valence-electron chi connectivity index (χ3n) is 5.34. The molecule has 1 aromatic heterocycles. The highest BCUT2D eigenvalue weighted by Gasteiger charge is 2.42. The number of aromatic nitrogens is 1. The maximum Gasteiger partial charge on any atom is 0.123 e. The van der Waals surface area contributed by atoms with Crippen LogP contribution in [0.5, 0.6) is 0 Å². The molecular weight excluding hydrogens is 289 g/mol. The van der Waals surface area contributed by atoms with E-state index in [1.54, 1.807) is 18.3 Å². The van der Waals surface area contributed by atoms with Crippen molar-refractivity contribution in [3.8, 4) is 0 Å². The lowest BCUT2D eigenvalue weighted by molar-refractivity contribution is 0.442. The number of fused-ring (bicyclic) bond motifs is 1. The van der Waals surface area contributed by atoms with E-state index in [1.165, 1.54) is 18.9 Å². The molecule has 5 unspecified atom stereocenters. The zero-order valence-corrected chi connectivity index (χ0v) is 13.2. The van der Waals surface area contributed by atoms with E-state index in [1.807, 2.05) is 6.07 Å². The fourth-order valence-electron chi connectivity index (χ4n) is 3.65. The van der Waals surface area contributed by atoms with E-state index in [9.17, 15) is 4.39 Å². The second kappa shape index (κ2) is 5.69. The number of allylic oxidation sites excluding steroid dienone is 1. The third-order valence-corrected chi connectivity index (χ3v) is 5.34. The van der Waals surface area contributed by atoms with Crippen molar-refractivity contribution in [2.75, 3.05) is 13.1 Å². The number of nitrogens with zero attached hydrogens (tertiary/aromatic N) is 2. The molecule has 4 rings (SSSR count). The third kappa shape index (κ3) is 2.89. The van der Waals surface area contributed by atoms with Crippen LogP contribution in [0.1, 0.15) is 24.4 Å². The van der Waals surface area contributed by atoms with Gasteiger partial charge in [0.1, 0.15) is 5.82 Å². The van der Waals surface area contributed by atoms with Gasteiger partial charge in [-0.15, -0.1) is 6.58 Å². The summed E-state index contributed by atoms with van der Waals surface area (Å²) in [6.45, 7) is 6.00. The van der Waals surface area contributed by atoms with Gasteiger partial charge in [-0.05, 0) is 61.1 Å². The molecule has 0 bridgehead atoms. The zero-order chi connectivity index (χ0) is 16.0. The van der Waals surface area contributed by atoms with Crippen molar-refractivity contribution in [1.29, 1.82) is 0 Å². The van der Waals surface area contributed by atoms with Crippen molar-refractivity contribution in [3.05, 3.63) is 54.5 Å². The molecule has 1 aliphatic heterocycles. The van der Waals surface area contributed by atoms with Gasteiger partial charge >= 0.3 is 0 Å². The molecule has 1 saturated heterocycles. The van der Waals surface area contributed by atoms with E-state index in [0.717, 1.165) is 41.4 Å². The molecule has 5 atom stereocenters. The molecule has 23 heavy (non-hydrogen) atoms. The van der Waals surface area contributed by atoms with E-state index in [0.29, 0.717) is 6.04 Å². The molecule has 0 amide bonds. The van der Waals surface area contributed by atoms with Crippen molar-refractivity contribution in [1.82, 2.24) is 9.88 Å². The lowest BCUT2D eigenvalue weighted by Crippen LogP contribution is -2.21.